The van der Waals surface area contributed by atoms with E-state index in [1.807, 2.05) is 0 Å². The SMILES string of the molecule is O=C(O)CC1S/C(=N\N=Cc2cccc(C(F)(F)F)c2)NC1=O. The highest BCUT2D eigenvalue weighted by Gasteiger charge is 2.32. The average Bonchev–Trinajstić information content (AvgIpc) is 2.78. The molecule has 1 aromatic rings. The van der Waals surface area contributed by atoms with Crippen molar-refractivity contribution in [2.75, 3.05) is 0 Å². The number of nitrogens with one attached hydrogen (secondary N) is 1. The maximum absolute atomic E-state index is 12.6. The number of hydrogen-bond acceptors (Lipinski definition) is 5. The summed E-state index contributed by atoms with van der Waals surface area (Å²) in [5.41, 5.74) is -0.611. The zero-order valence-electron chi connectivity index (χ0n) is 11.4. The van der Waals surface area contributed by atoms with E-state index in [9.17, 15) is 22.8 Å². The van der Waals surface area contributed by atoms with Crippen LogP contribution in [0.3, 0.4) is 0 Å². The van der Waals surface area contributed by atoms with Crippen molar-refractivity contribution in [3.63, 3.8) is 0 Å². The lowest BCUT2D eigenvalue weighted by Crippen LogP contribution is -2.26. The molecule has 122 valence electrons. The number of thioether (sulfide) groups is 1. The van der Waals surface area contributed by atoms with Crippen LogP contribution in [0.2, 0.25) is 0 Å². The topological polar surface area (TPSA) is 91.1 Å². The number of carboxylic acid groups (broad SMARTS) is 1. The maximum atomic E-state index is 12.6. The number of aliphatic carboxylic acids is 1. The monoisotopic (exact) mass is 345 g/mol. The highest BCUT2D eigenvalue weighted by atomic mass is 32.2. The summed E-state index contributed by atoms with van der Waals surface area (Å²) in [5.74, 6) is -1.61. The first-order valence-electron chi connectivity index (χ1n) is 6.23. The van der Waals surface area contributed by atoms with Crippen molar-refractivity contribution in [3.05, 3.63) is 35.4 Å². The van der Waals surface area contributed by atoms with Crippen molar-refractivity contribution in [1.82, 2.24) is 5.32 Å². The molecule has 0 radical (unpaired) electrons. The van der Waals surface area contributed by atoms with Crippen LogP contribution in [-0.4, -0.2) is 33.6 Å². The zero-order chi connectivity index (χ0) is 17.0. The Bertz CT molecular complexity index is 689. The van der Waals surface area contributed by atoms with E-state index in [-0.39, 0.29) is 17.2 Å². The highest BCUT2D eigenvalue weighted by Crippen LogP contribution is 2.29. The van der Waals surface area contributed by atoms with Gasteiger partial charge in [0, 0.05) is 0 Å². The van der Waals surface area contributed by atoms with E-state index < -0.39 is 28.9 Å². The van der Waals surface area contributed by atoms with Crippen LogP contribution in [-0.2, 0) is 15.8 Å². The predicted octanol–water partition coefficient (Wildman–Crippen LogP) is 2.10. The lowest BCUT2D eigenvalue weighted by molar-refractivity contribution is -0.138. The number of hydrogen-bond donors (Lipinski definition) is 2. The Morgan fingerprint density at radius 3 is 2.83 bits per heavy atom. The number of nitrogens with zero attached hydrogens (tertiary/aromatic N) is 2. The molecule has 0 aliphatic carbocycles. The molecule has 0 aromatic heterocycles. The van der Waals surface area contributed by atoms with Gasteiger partial charge in [0.25, 0.3) is 0 Å². The fourth-order valence-corrected chi connectivity index (χ4v) is 2.60. The quantitative estimate of drug-likeness (QED) is 0.646. The van der Waals surface area contributed by atoms with Gasteiger partial charge in [-0.1, -0.05) is 23.9 Å². The number of carboxylic acids is 1. The summed E-state index contributed by atoms with van der Waals surface area (Å²) in [5, 5.41) is 17.6. The molecule has 1 unspecified atom stereocenters. The van der Waals surface area contributed by atoms with E-state index in [0.29, 0.717) is 0 Å². The number of halogens is 3. The van der Waals surface area contributed by atoms with Gasteiger partial charge in [-0.25, -0.2) is 0 Å². The van der Waals surface area contributed by atoms with Crippen LogP contribution in [0.1, 0.15) is 17.5 Å². The average molecular weight is 345 g/mol. The van der Waals surface area contributed by atoms with E-state index in [1.54, 1.807) is 0 Å². The molecule has 6 nitrogen and oxygen atoms in total. The van der Waals surface area contributed by atoms with Gasteiger partial charge in [-0.3, -0.25) is 9.59 Å². The van der Waals surface area contributed by atoms with Crippen LogP contribution in [0, 0.1) is 0 Å². The van der Waals surface area contributed by atoms with Crippen molar-refractivity contribution in [1.29, 1.82) is 0 Å². The molecule has 1 amide bonds. The lowest BCUT2D eigenvalue weighted by Gasteiger charge is -2.06. The Hall–Kier alpha value is -2.36. The van der Waals surface area contributed by atoms with Gasteiger partial charge in [0.15, 0.2) is 5.17 Å². The lowest BCUT2D eigenvalue weighted by atomic mass is 10.1. The number of amides is 1. The van der Waals surface area contributed by atoms with E-state index in [0.717, 1.165) is 30.1 Å². The van der Waals surface area contributed by atoms with Crippen LogP contribution < -0.4 is 5.32 Å². The second kappa shape index (κ2) is 6.82. The molecular formula is C13H10F3N3O3S. The van der Waals surface area contributed by atoms with Crippen molar-refractivity contribution in [2.24, 2.45) is 10.2 Å². The second-order valence-corrected chi connectivity index (χ2v) is 5.66. The Morgan fingerprint density at radius 1 is 1.43 bits per heavy atom. The first-order chi connectivity index (χ1) is 10.8. The number of carbonyl (C=O) groups is 2. The van der Waals surface area contributed by atoms with Gasteiger partial charge in [0.05, 0.1) is 18.2 Å². The minimum Gasteiger partial charge on any atom is -0.481 e. The summed E-state index contributed by atoms with van der Waals surface area (Å²) in [6.07, 6.45) is -3.69. The fraction of sp³-hybridized carbons (Fsp3) is 0.231. The van der Waals surface area contributed by atoms with Gasteiger partial charge < -0.3 is 10.4 Å². The van der Waals surface area contributed by atoms with Crippen LogP contribution in [0.5, 0.6) is 0 Å². The molecule has 23 heavy (non-hydrogen) atoms. The summed E-state index contributed by atoms with van der Waals surface area (Å²) in [7, 11) is 0. The molecule has 1 fully saturated rings. The van der Waals surface area contributed by atoms with E-state index in [2.05, 4.69) is 15.5 Å². The molecule has 1 aromatic carbocycles. The molecule has 0 spiro atoms. The molecule has 0 saturated carbocycles. The number of amidine groups is 1. The highest BCUT2D eigenvalue weighted by molar-refractivity contribution is 8.15. The van der Waals surface area contributed by atoms with Gasteiger partial charge in [-0.15, -0.1) is 5.10 Å². The summed E-state index contributed by atoms with van der Waals surface area (Å²) < 4.78 is 37.7. The van der Waals surface area contributed by atoms with Crippen LogP contribution >= 0.6 is 11.8 Å². The second-order valence-electron chi connectivity index (χ2n) is 4.47. The van der Waals surface area contributed by atoms with Crippen LogP contribution in [0.15, 0.2) is 34.5 Å². The van der Waals surface area contributed by atoms with E-state index in [1.165, 1.54) is 12.1 Å². The zero-order valence-corrected chi connectivity index (χ0v) is 12.2. The molecule has 1 saturated heterocycles. The summed E-state index contributed by atoms with van der Waals surface area (Å²) in [6.45, 7) is 0. The molecule has 10 heteroatoms. The van der Waals surface area contributed by atoms with Gasteiger partial charge in [0.1, 0.15) is 5.25 Å². The fourth-order valence-electron chi connectivity index (χ4n) is 1.69. The molecule has 1 aliphatic heterocycles. The van der Waals surface area contributed by atoms with Crippen molar-refractivity contribution in [2.45, 2.75) is 17.8 Å². The summed E-state index contributed by atoms with van der Waals surface area (Å²) in [4.78, 5) is 22.0. The van der Waals surface area contributed by atoms with Crippen LogP contribution in [0.4, 0.5) is 13.2 Å². The van der Waals surface area contributed by atoms with Gasteiger partial charge in [-0.2, -0.15) is 18.3 Å². The molecular weight excluding hydrogens is 335 g/mol. The Morgan fingerprint density at radius 2 is 2.17 bits per heavy atom. The van der Waals surface area contributed by atoms with Crippen molar-refractivity contribution < 1.29 is 27.9 Å². The third-order valence-corrected chi connectivity index (χ3v) is 3.78. The molecule has 2 rings (SSSR count). The third kappa shape index (κ3) is 4.81. The molecule has 0 bridgehead atoms. The summed E-state index contributed by atoms with van der Waals surface area (Å²) >= 11 is 0.904. The standard InChI is InChI=1S/C13H10F3N3O3S/c14-13(15,16)8-3-1-2-7(4-8)6-17-19-12-18-11(22)9(23-12)5-10(20)21/h1-4,6,9H,5H2,(H,20,21)(H,18,19,22). The largest absolute Gasteiger partial charge is 0.481 e. The van der Waals surface area contributed by atoms with Crippen molar-refractivity contribution >= 4 is 35.0 Å². The van der Waals surface area contributed by atoms with Crippen molar-refractivity contribution in [3.8, 4) is 0 Å². The molecule has 1 aliphatic rings. The maximum Gasteiger partial charge on any atom is 0.416 e. The number of carbonyl (C=O) groups excluding carboxylic acids is 1. The minimum absolute atomic E-state index is 0.101. The first-order valence-corrected chi connectivity index (χ1v) is 7.11. The van der Waals surface area contributed by atoms with Gasteiger partial charge >= 0.3 is 12.1 Å². The summed E-state index contributed by atoms with van der Waals surface area (Å²) in [6, 6.07) is 4.52. The Balaban J connectivity index is 2.04. The number of benzene rings is 1. The Kier molecular flexibility index (Phi) is 5.04. The smallest absolute Gasteiger partial charge is 0.416 e. The van der Waals surface area contributed by atoms with Crippen LogP contribution in [0.25, 0.3) is 0 Å². The third-order valence-electron chi connectivity index (χ3n) is 2.71. The Labute approximate surface area is 132 Å². The predicted molar refractivity (Wildman–Crippen MR) is 78.2 cm³/mol. The van der Waals surface area contributed by atoms with Gasteiger partial charge in [-0.05, 0) is 17.7 Å². The van der Waals surface area contributed by atoms with Gasteiger partial charge in [0.2, 0.25) is 5.91 Å². The molecule has 2 N–H and O–H groups in total. The molecule has 1 atom stereocenters. The first kappa shape index (κ1) is 17.0. The van der Waals surface area contributed by atoms with E-state index in [4.69, 9.17) is 5.11 Å². The molecule has 1 heterocycles. The minimum atomic E-state index is -4.45. The number of rotatable bonds is 4. The normalized spacial score (nSPS) is 20.2. The number of alkyl halides is 3. The van der Waals surface area contributed by atoms with E-state index >= 15 is 0 Å².